The van der Waals surface area contributed by atoms with Crippen LogP contribution in [0.5, 0.6) is 0 Å². The van der Waals surface area contributed by atoms with E-state index in [-0.39, 0.29) is 11.9 Å². The third-order valence-electron chi connectivity index (χ3n) is 3.49. The Hall–Kier alpha value is -0.570. The highest BCUT2D eigenvalue weighted by molar-refractivity contribution is 5.73. The van der Waals surface area contributed by atoms with E-state index in [1.807, 2.05) is 6.92 Å². The molecule has 1 unspecified atom stereocenters. The lowest BCUT2D eigenvalue weighted by atomic mass is 9.72. The van der Waals surface area contributed by atoms with Crippen molar-refractivity contribution in [1.29, 1.82) is 0 Å². The summed E-state index contributed by atoms with van der Waals surface area (Å²) in [6, 6.07) is 0.351. The first-order valence-electron chi connectivity index (χ1n) is 5.14. The summed E-state index contributed by atoms with van der Waals surface area (Å²) in [6.45, 7) is 2.35. The predicted octanol–water partition coefficient (Wildman–Crippen LogP) is 0.923. The maximum absolute atomic E-state index is 11.4. The molecule has 0 aromatic heterocycles. The van der Waals surface area contributed by atoms with Crippen molar-refractivity contribution in [2.75, 3.05) is 6.61 Å². The van der Waals surface area contributed by atoms with Crippen molar-refractivity contribution in [3.05, 3.63) is 0 Å². The second kappa shape index (κ2) is 3.29. The van der Waals surface area contributed by atoms with Gasteiger partial charge in [-0.2, -0.15) is 0 Å². The smallest absolute Gasteiger partial charge is 0.308 e. The number of rotatable bonds is 2. The molecule has 3 heteroatoms. The first-order chi connectivity index (χ1) is 6.22. The Bertz CT molecular complexity index is 217. The molecule has 2 saturated carbocycles. The maximum atomic E-state index is 11.4. The number of nitrogens with two attached hydrogens (primary N) is 1. The highest BCUT2D eigenvalue weighted by atomic mass is 16.5. The van der Waals surface area contributed by atoms with Crippen molar-refractivity contribution in [3.63, 3.8) is 0 Å². The van der Waals surface area contributed by atoms with Gasteiger partial charge < -0.3 is 10.5 Å². The molecule has 3 nitrogen and oxygen atoms in total. The standard InChI is InChI=1S/C10H17NO2/c1-2-13-10(12)7-3-6-5-9(11)8(6)4-7/h6-9H,2-5,11H2,1H3/t6-,7?,8-,9-/m0/s1. The topological polar surface area (TPSA) is 52.3 Å². The third-order valence-corrected chi connectivity index (χ3v) is 3.49. The van der Waals surface area contributed by atoms with E-state index in [2.05, 4.69) is 0 Å². The molecule has 2 N–H and O–H groups in total. The number of fused-ring (bicyclic) bond motifs is 1. The van der Waals surface area contributed by atoms with E-state index in [9.17, 15) is 4.79 Å². The van der Waals surface area contributed by atoms with Crippen molar-refractivity contribution < 1.29 is 9.53 Å². The molecule has 0 amide bonds. The van der Waals surface area contributed by atoms with E-state index in [0.29, 0.717) is 24.5 Å². The molecular weight excluding hydrogens is 166 g/mol. The van der Waals surface area contributed by atoms with Gasteiger partial charge in [-0.3, -0.25) is 4.79 Å². The highest BCUT2D eigenvalue weighted by Crippen LogP contribution is 2.49. The summed E-state index contributed by atoms with van der Waals surface area (Å²) in [5.74, 6) is 1.45. The van der Waals surface area contributed by atoms with Crippen LogP contribution in [0.2, 0.25) is 0 Å². The minimum Gasteiger partial charge on any atom is -0.466 e. The fraction of sp³-hybridized carbons (Fsp3) is 0.900. The summed E-state index contributed by atoms with van der Waals surface area (Å²) >= 11 is 0. The molecule has 0 aromatic rings. The summed E-state index contributed by atoms with van der Waals surface area (Å²) in [6.07, 6.45) is 3.09. The van der Waals surface area contributed by atoms with Crippen molar-refractivity contribution >= 4 is 5.97 Å². The minimum atomic E-state index is -0.0101. The zero-order valence-corrected chi connectivity index (χ0v) is 8.03. The Balaban J connectivity index is 1.87. The van der Waals surface area contributed by atoms with E-state index in [0.717, 1.165) is 19.3 Å². The molecule has 0 aliphatic heterocycles. The molecule has 13 heavy (non-hydrogen) atoms. The van der Waals surface area contributed by atoms with E-state index >= 15 is 0 Å². The minimum absolute atomic E-state index is 0.0101. The number of carbonyl (C=O) groups excluding carboxylic acids is 1. The summed E-state index contributed by atoms with van der Waals surface area (Å²) < 4.78 is 5.01. The Morgan fingerprint density at radius 2 is 2.23 bits per heavy atom. The summed E-state index contributed by atoms with van der Waals surface area (Å²) in [5.41, 5.74) is 5.85. The normalized spacial score (nSPS) is 42.3. The molecule has 2 rings (SSSR count). The van der Waals surface area contributed by atoms with Crippen molar-refractivity contribution in [1.82, 2.24) is 0 Å². The Kier molecular flexibility index (Phi) is 2.28. The molecule has 0 radical (unpaired) electrons. The van der Waals surface area contributed by atoms with Crippen LogP contribution in [0.25, 0.3) is 0 Å². The number of carbonyl (C=O) groups is 1. The van der Waals surface area contributed by atoms with E-state index < -0.39 is 0 Å². The molecule has 0 heterocycles. The predicted molar refractivity (Wildman–Crippen MR) is 48.9 cm³/mol. The lowest BCUT2D eigenvalue weighted by Gasteiger charge is -2.37. The highest BCUT2D eigenvalue weighted by Gasteiger charge is 2.48. The summed E-state index contributed by atoms with van der Waals surface area (Å²) in [5, 5.41) is 0. The zero-order chi connectivity index (χ0) is 9.42. The molecule has 0 saturated heterocycles. The number of ether oxygens (including phenoxy) is 1. The van der Waals surface area contributed by atoms with E-state index in [1.165, 1.54) is 0 Å². The molecule has 0 aromatic carbocycles. The number of esters is 1. The Morgan fingerprint density at radius 1 is 1.46 bits per heavy atom. The first-order valence-corrected chi connectivity index (χ1v) is 5.14. The van der Waals surface area contributed by atoms with Gasteiger partial charge >= 0.3 is 5.97 Å². The third kappa shape index (κ3) is 1.46. The second-order valence-electron chi connectivity index (χ2n) is 4.24. The van der Waals surface area contributed by atoms with Crippen LogP contribution >= 0.6 is 0 Å². The van der Waals surface area contributed by atoms with Crippen LogP contribution in [0, 0.1) is 17.8 Å². The van der Waals surface area contributed by atoms with E-state index in [1.54, 1.807) is 0 Å². The van der Waals surface area contributed by atoms with Crippen LogP contribution in [-0.2, 0) is 9.53 Å². The lowest BCUT2D eigenvalue weighted by Crippen LogP contribution is -2.44. The molecular formula is C10H17NO2. The average molecular weight is 183 g/mol. The van der Waals surface area contributed by atoms with Crippen LogP contribution in [0.4, 0.5) is 0 Å². The van der Waals surface area contributed by atoms with Gasteiger partial charge in [0, 0.05) is 6.04 Å². The molecule has 2 fully saturated rings. The Morgan fingerprint density at radius 3 is 2.77 bits per heavy atom. The van der Waals surface area contributed by atoms with Gasteiger partial charge in [-0.1, -0.05) is 0 Å². The van der Waals surface area contributed by atoms with E-state index in [4.69, 9.17) is 10.5 Å². The maximum Gasteiger partial charge on any atom is 0.308 e. The molecule has 4 atom stereocenters. The monoisotopic (exact) mass is 183 g/mol. The van der Waals surface area contributed by atoms with Gasteiger partial charge in [-0.05, 0) is 38.0 Å². The van der Waals surface area contributed by atoms with Gasteiger partial charge in [-0.25, -0.2) is 0 Å². The van der Waals surface area contributed by atoms with Crippen LogP contribution in [-0.4, -0.2) is 18.6 Å². The SMILES string of the molecule is CCOC(=O)C1C[C@H]2C[C@H](N)[C@H]2C1. The van der Waals surface area contributed by atoms with Gasteiger partial charge in [0.15, 0.2) is 0 Å². The van der Waals surface area contributed by atoms with Gasteiger partial charge in [0.25, 0.3) is 0 Å². The quantitative estimate of drug-likeness (QED) is 0.648. The van der Waals surface area contributed by atoms with Crippen LogP contribution in [0.3, 0.4) is 0 Å². The Labute approximate surface area is 78.6 Å². The van der Waals surface area contributed by atoms with Gasteiger partial charge in [0.1, 0.15) is 0 Å². The number of hydrogen-bond acceptors (Lipinski definition) is 3. The average Bonchev–Trinajstić information content (AvgIpc) is 2.43. The fourth-order valence-electron chi connectivity index (χ4n) is 2.73. The second-order valence-corrected chi connectivity index (χ2v) is 4.24. The largest absolute Gasteiger partial charge is 0.466 e. The molecule has 2 aliphatic rings. The molecule has 74 valence electrons. The van der Waals surface area contributed by atoms with Crippen molar-refractivity contribution in [2.24, 2.45) is 23.5 Å². The molecule has 2 aliphatic carbocycles. The van der Waals surface area contributed by atoms with Crippen molar-refractivity contribution in [3.8, 4) is 0 Å². The van der Waals surface area contributed by atoms with Gasteiger partial charge in [0.05, 0.1) is 12.5 Å². The van der Waals surface area contributed by atoms with Crippen molar-refractivity contribution in [2.45, 2.75) is 32.2 Å². The fourth-order valence-corrected chi connectivity index (χ4v) is 2.73. The van der Waals surface area contributed by atoms with Gasteiger partial charge in [0.2, 0.25) is 0 Å². The lowest BCUT2D eigenvalue weighted by molar-refractivity contribution is -0.147. The van der Waals surface area contributed by atoms with Gasteiger partial charge in [-0.15, -0.1) is 0 Å². The van der Waals surface area contributed by atoms with Crippen LogP contribution < -0.4 is 5.73 Å². The summed E-state index contributed by atoms with van der Waals surface area (Å²) in [4.78, 5) is 11.4. The first kappa shape index (κ1) is 9.00. The molecule has 0 bridgehead atoms. The number of hydrogen-bond donors (Lipinski definition) is 1. The molecule has 0 spiro atoms. The van der Waals surface area contributed by atoms with Crippen LogP contribution in [0.15, 0.2) is 0 Å². The van der Waals surface area contributed by atoms with Crippen LogP contribution in [0.1, 0.15) is 26.2 Å². The zero-order valence-electron chi connectivity index (χ0n) is 8.03. The summed E-state index contributed by atoms with van der Waals surface area (Å²) in [7, 11) is 0.